The Morgan fingerprint density at radius 3 is 2.55 bits per heavy atom. The summed E-state index contributed by atoms with van der Waals surface area (Å²) in [5.74, 6) is 0.970. The molecule has 0 aliphatic carbocycles. The molecule has 106 valence electrons. The highest BCUT2D eigenvalue weighted by Gasteiger charge is 2.08. The molecule has 3 heteroatoms. The summed E-state index contributed by atoms with van der Waals surface area (Å²) in [6.07, 6.45) is 1.94. The van der Waals surface area contributed by atoms with Crippen molar-refractivity contribution in [3.63, 3.8) is 0 Å². The third-order valence-electron chi connectivity index (χ3n) is 3.45. The molecular weight excluding hydrogens is 246 g/mol. The van der Waals surface area contributed by atoms with Crippen LogP contribution in [0, 0.1) is 13.8 Å². The zero-order valence-corrected chi connectivity index (χ0v) is 12.8. The fourth-order valence-electron chi connectivity index (χ4n) is 2.29. The van der Waals surface area contributed by atoms with Gasteiger partial charge in [-0.2, -0.15) is 0 Å². The van der Waals surface area contributed by atoms with Gasteiger partial charge in [0.25, 0.3) is 0 Å². The van der Waals surface area contributed by atoms with E-state index in [4.69, 9.17) is 0 Å². The van der Waals surface area contributed by atoms with Gasteiger partial charge in [-0.3, -0.25) is 0 Å². The third kappa shape index (κ3) is 3.36. The van der Waals surface area contributed by atoms with Gasteiger partial charge in [-0.25, -0.2) is 4.98 Å². The molecular formula is C17H23N3. The molecule has 0 aliphatic heterocycles. The second-order valence-corrected chi connectivity index (χ2v) is 5.15. The van der Waals surface area contributed by atoms with Crippen LogP contribution in [0.15, 0.2) is 36.5 Å². The summed E-state index contributed by atoms with van der Waals surface area (Å²) < 4.78 is 0. The maximum absolute atomic E-state index is 4.56. The van der Waals surface area contributed by atoms with Gasteiger partial charge in [0.15, 0.2) is 0 Å². The highest BCUT2D eigenvalue weighted by Crippen LogP contribution is 2.25. The van der Waals surface area contributed by atoms with Gasteiger partial charge in [0.2, 0.25) is 0 Å². The van der Waals surface area contributed by atoms with Gasteiger partial charge in [0.1, 0.15) is 5.82 Å². The lowest BCUT2D eigenvalue weighted by atomic mass is 10.1. The average Bonchev–Trinajstić information content (AvgIpc) is 2.45. The fraction of sp³-hybridized carbons (Fsp3) is 0.353. The summed E-state index contributed by atoms with van der Waals surface area (Å²) in [6.45, 7) is 8.21. The number of pyridine rings is 1. The van der Waals surface area contributed by atoms with Crippen LogP contribution >= 0.6 is 0 Å². The van der Waals surface area contributed by atoms with E-state index < -0.39 is 0 Å². The standard InChI is InChI=1S/C17H23N3/c1-5-18-11-15-7-9-17(19-12-15)20(4)16-8-6-13(2)10-14(16)3/h6-10,12,18H,5,11H2,1-4H3. The van der Waals surface area contributed by atoms with E-state index in [1.165, 1.54) is 22.4 Å². The number of anilines is 2. The number of rotatable bonds is 5. The molecule has 0 radical (unpaired) electrons. The zero-order chi connectivity index (χ0) is 14.5. The Balaban J connectivity index is 2.18. The number of benzene rings is 1. The van der Waals surface area contributed by atoms with Crippen molar-refractivity contribution < 1.29 is 0 Å². The number of aryl methyl sites for hydroxylation is 2. The molecule has 0 saturated carbocycles. The van der Waals surface area contributed by atoms with E-state index in [1.54, 1.807) is 0 Å². The first-order valence-electron chi connectivity index (χ1n) is 7.08. The van der Waals surface area contributed by atoms with Crippen LogP contribution in [-0.4, -0.2) is 18.6 Å². The van der Waals surface area contributed by atoms with E-state index in [2.05, 4.69) is 73.4 Å². The highest BCUT2D eigenvalue weighted by atomic mass is 15.2. The lowest BCUT2D eigenvalue weighted by Crippen LogP contribution is -2.14. The molecule has 1 heterocycles. The predicted molar refractivity (Wildman–Crippen MR) is 85.6 cm³/mol. The lowest BCUT2D eigenvalue weighted by molar-refractivity contribution is 0.724. The second kappa shape index (κ2) is 6.53. The lowest BCUT2D eigenvalue weighted by Gasteiger charge is -2.21. The molecule has 20 heavy (non-hydrogen) atoms. The van der Waals surface area contributed by atoms with E-state index >= 15 is 0 Å². The van der Waals surface area contributed by atoms with Crippen molar-refractivity contribution in [2.75, 3.05) is 18.5 Å². The van der Waals surface area contributed by atoms with Crippen molar-refractivity contribution in [1.82, 2.24) is 10.3 Å². The Morgan fingerprint density at radius 2 is 1.95 bits per heavy atom. The smallest absolute Gasteiger partial charge is 0.132 e. The summed E-state index contributed by atoms with van der Waals surface area (Å²) in [5.41, 5.74) is 4.96. The Kier molecular flexibility index (Phi) is 4.74. The first-order valence-corrected chi connectivity index (χ1v) is 7.08. The molecule has 1 aromatic carbocycles. The average molecular weight is 269 g/mol. The Bertz CT molecular complexity index is 561. The molecule has 0 amide bonds. The van der Waals surface area contributed by atoms with Gasteiger partial charge in [0, 0.05) is 25.5 Å². The molecule has 1 N–H and O–H groups in total. The van der Waals surface area contributed by atoms with Gasteiger partial charge in [-0.1, -0.05) is 30.7 Å². The van der Waals surface area contributed by atoms with Crippen LogP contribution < -0.4 is 10.2 Å². The van der Waals surface area contributed by atoms with E-state index in [1.807, 2.05) is 6.20 Å². The molecule has 0 fully saturated rings. The van der Waals surface area contributed by atoms with Gasteiger partial charge in [0.05, 0.1) is 0 Å². The molecule has 3 nitrogen and oxygen atoms in total. The third-order valence-corrected chi connectivity index (χ3v) is 3.45. The van der Waals surface area contributed by atoms with E-state index in [9.17, 15) is 0 Å². The van der Waals surface area contributed by atoms with Crippen molar-refractivity contribution in [3.05, 3.63) is 53.2 Å². The van der Waals surface area contributed by atoms with Crippen LogP contribution in [0.25, 0.3) is 0 Å². The first kappa shape index (κ1) is 14.5. The summed E-state index contributed by atoms with van der Waals surface area (Å²) in [7, 11) is 2.06. The van der Waals surface area contributed by atoms with Crippen LogP contribution in [0.2, 0.25) is 0 Å². The predicted octanol–water partition coefficient (Wildman–Crippen LogP) is 3.58. The number of nitrogens with one attached hydrogen (secondary N) is 1. The normalized spacial score (nSPS) is 10.6. The van der Waals surface area contributed by atoms with Crippen LogP contribution in [0.3, 0.4) is 0 Å². The van der Waals surface area contributed by atoms with E-state index in [0.29, 0.717) is 0 Å². The second-order valence-electron chi connectivity index (χ2n) is 5.15. The quantitative estimate of drug-likeness (QED) is 0.899. The van der Waals surface area contributed by atoms with Crippen LogP contribution in [-0.2, 0) is 6.54 Å². The van der Waals surface area contributed by atoms with E-state index in [-0.39, 0.29) is 0 Å². The van der Waals surface area contributed by atoms with Crippen LogP contribution in [0.4, 0.5) is 11.5 Å². The van der Waals surface area contributed by atoms with Crippen molar-refractivity contribution >= 4 is 11.5 Å². The Labute approximate surface area is 121 Å². The van der Waals surface area contributed by atoms with Crippen molar-refractivity contribution in [2.45, 2.75) is 27.3 Å². The maximum Gasteiger partial charge on any atom is 0.132 e. The molecule has 0 unspecified atom stereocenters. The molecule has 0 bridgehead atoms. The summed E-state index contributed by atoms with van der Waals surface area (Å²) in [6, 6.07) is 10.7. The molecule has 0 spiro atoms. The molecule has 0 aliphatic rings. The van der Waals surface area contributed by atoms with Gasteiger partial charge >= 0.3 is 0 Å². The van der Waals surface area contributed by atoms with Crippen molar-refractivity contribution in [2.24, 2.45) is 0 Å². The topological polar surface area (TPSA) is 28.2 Å². The molecule has 0 saturated heterocycles. The minimum atomic E-state index is 0.872. The number of aromatic nitrogens is 1. The molecule has 2 rings (SSSR count). The van der Waals surface area contributed by atoms with Crippen molar-refractivity contribution in [3.8, 4) is 0 Å². The SMILES string of the molecule is CCNCc1ccc(N(C)c2ccc(C)cc2C)nc1. The Hall–Kier alpha value is -1.87. The Morgan fingerprint density at radius 1 is 1.15 bits per heavy atom. The molecule has 2 aromatic rings. The van der Waals surface area contributed by atoms with Gasteiger partial charge < -0.3 is 10.2 Å². The zero-order valence-electron chi connectivity index (χ0n) is 12.8. The van der Waals surface area contributed by atoms with Gasteiger partial charge in [-0.15, -0.1) is 0 Å². The minimum Gasteiger partial charge on any atom is -0.329 e. The molecule has 0 atom stereocenters. The van der Waals surface area contributed by atoms with Gasteiger partial charge in [-0.05, 0) is 43.7 Å². The highest BCUT2D eigenvalue weighted by molar-refractivity contribution is 5.63. The minimum absolute atomic E-state index is 0.872. The van der Waals surface area contributed by atoms with Crippen LogP contribution in [0.1, 0.15) is 23.6 Å². The van der Waals surface area contributed by atoms with Crippen LogP contribution in [0.5, 0.6) is 0 Å². The number of nitrogens with zero attached hydrogens (tertiary/aromatic N) is 2. The summed E-state index contributed by atoms with van der Waals surface area (Å²) in [5, 5.41) is 3.31. The van der Waals surface area contributed by atoms with Crippen molar-refractivity contribution in [1.29, 1.82) is 0 Å². The fourth-order valence-corrected chi connectivity index (χ4v) is 2.29. The number of hydrogen-bond acceptors (Lipinski definition) is 3. The summed E-state index contributed by atoms with van der Waals surface area (Å²) >= 11 is 0. The largest absolute Gasteiger partial charge is 0.329 e. The maximum atomic E-state index is 4.56. The van der Waals surface area contributed by atoms with E-state index in [0.717, 1.165) is 18.9 Å². The summed E-state index contributed by atoms with van der Waals surface area (Å²) in [4.78, 5) is 6.69. The first-order chi connectivity index (χ1) is 9.61. The monoisotopic (exact) mass is 269 g/mol. The number of hydrogen-bond donors (Lipinski definition) is 1. The molecule has 1 aromatic heterocycles.